The van der Waals surface area contributed by atoms with Crippen LogP contribution in [0.15, 0.2) is 0 Å². The number of unbranched alkanes of at least 4 members (excludes halogenated alkanes) is 1. The predicted molar refractivity (Wildman–Crippen MR) is 42.4 cm³/mol. The second kappa shape index (κ2) is 3.91. The number of rotatable bonds is 3. The normalized spacial score (nSPS) is 33.0. The van der Waals surface area contributed by atoms with Gasteiger partial charge in [0.2, 0.25) is 0 Å². The van der Waals surface area contributed by atoms with Crippen LogP contribution in [0.2, 0.25) is 0 Å². The highest BCUT2D eigenvalue weighted by atomic mass is 15.3. The topological polar surface area (TPSA) is 50.1 Å². The van der Waals surface area contributed by atoms with E-state index in [4.69, 9.17) is 5.73 Å². The number of nitrogens with two attached hydrogens (primary N) is 1. The Morgan fingerprint density at radius 3 is 2.90 bits per heavy atom. The molecule has 1 rings (SSSR count). The van der Waals surface area contributed by atoms with E-state index in [0.29, 0.717) is 6.04 Å². The molecule has 0 aliphatic carbocycles. The predicted octanol–water partition coefficient (Wildman–Crippen LogP) is -0.0197. The van der Waals surface area contributed by atoms with Gasteiger partial charge in [-0.15, -0.1) is 0 Å². The van der Waals surface area contributed by atoms with Crippen molar-refractivity contribution in [3.63, 3.8) is 0 Å². The second-order valence-electron chi connectivity index (χ2n) is 2.89. The van der Waals surface area contributed by atoms with Crippen LogP contribution in [0.3, 0.4) is 0 Å². The number of hydrogen-bond acceptors (Lipinski definition) is 3. The van der Waals surface area contributed by atoms with Gasteiger partial charge in [-0.1, -0.05) is 19.8 Å². The van der Waals surface area contributed by atoms with Crippen molar-refractivity contribution in [3.8, 4) is 0 Å². The molecule has 0 amide bonds. The molecule has 10 heavy (non-hydrogen) atoms. The number of nitrogens with one attached hydrogen (secondary N) is 2. The maximum absolute atomic E-state index is 5.57. The van der Waals surface area contributed by atoms with Crippen LogP contribution in [0.5, 0.6) is 0 Å². The second-order valence-corrected chi connectivity index (χ2v) is 2.89. The summed E-state index contributed by atoms with van der Waals surface area (Å²) in [6.07, 6.45) is 3.85. The summed E-state index contributed by atoms with van der Waals surface area (Å²) in [4.78, 5) is 0. The molecule has 0 bridgehead atoms. The Kier molecular flexibility index (Phi) is 3.12. The molecule has 0 saturated carbocycles. The molecule has 0 radical (unpaired) electrons. The molecule has 0 aromatic heterocycles. The highest BCUT2D eigenvalue weighted by Gasteiger charge is 2.18. The van der Waals surface area contributed by atoms with Gasteiger partial charge in [0, 0.05) is 12.6 Å². The van der Waals surface area contributed by atoms with Crippen LogP contribution >= 0.6 is 0 Å². The molecule has 1 saturated heterocycles. The van der Waals surface area contributed by atoms with Gasteiger partial charge >= 0.3 is 0 Å². The first kappa shape index (κ1) is 7.98. The van der Waals surface area contributed by atoms with E-state index in [2.05, 4.69) is 17.6 Å². The summed E-state index contributed by atoms with van der Waals surface area (Å²) in [6, 6.07) is 0.606. The smallest absolute Gasteiger partial charge is 0.109 e. The summed E-state index contributed by atoms with van der Waals surface area (Å²) < 4.78 is 0. The van der Waals surface area contributed by atoms with Crippen LogP contribution in [0, 0.1) is 0 Å². The third kappa shape index (κ3) is 2.25. The van der Waals surface area contributed by atoms with Gasteiger partial charge in [-0.05, 0) is 6.42 Å². The van der Waals surface area contributed by atoms with Crippen molar-refractivity contribution in [2.45, 2.75) is 38.5 Å². The molecule has 2 unspecified atom stereocenters. The zero-order valence-electron chi connectivity index (χ0n) is 6.56. The van der Waals surface area contributed by atoms with E-state index >= 15 is 0 Å². The van der Waals surface area contributed by atoms with Gasteiger partial charge in [0.25, 0.3) is 0 Å². The van der Waals surface area contributed by atoms with Crippen molar-refractivity contribution in [1.82, 2.24) is 10.6 Å². The van der Waals surface area contributed by atoms with Gasteiger partial charge in [-0.2, -0.15) is 0 Å². The fourth-order valence-electron chi connectivity index (χ4n) is 1.28. The number of hydrogen-bond donors (Lipinski definition) is 3. The molecule has 1 heterocycles. The summed E-state index contributed by atoms with van der Waals surface area (Å²) in [7, 11) is 0. The lowest BCUT2D eigenvalue weighted by Crippen LogP contribution is -2.41. The van der Waals surface area contributed by atoms with Crippen molar-refractivity contribution in [3.05, 3.63) is 0 Å². The lowest BCUT2D eigenvalue weighted by atomic mass is 10.1. The fourth-order valence-corrected chi connectivity index (χ4v) is 1.28. The molecule has 2 atom stereocenters. The molecular weight excluding hydrogens is 126 g/mol. The standard InChI is InChI=1S/C7H17N3/c1-2-3-4-6-5-9-7(8)10-6/h6-7,9-10H,2-5,8H2,1H3. The molecule has 3 heteroatoms. The highest BCUT2D eigenvalue weighted by molar-refractivity contribution is 4.79. The van der Waals surface area contributed by atoms with Crippen molar-refractivity contribution in [1.29, 1.82) is 0 Å². The quantitative estimate of drug-likeness (QED) is 0.520. The van der Waals surface area contributed by atoms with E-state index in [1.54, 1.807) is 0 Å². The maximum atomic E-state index is 5.57. The van der Waals surface area contributed by atoms with E-state index in [0.717, 1.165) is 6.54 Å². The molecule has 1 aliphatic heterocycles. The minimum absolute atomic E-state index is 0.0295. The summed E-state index contributed by atoms with van der Waals surface area (Å²) in [5.41, 5.74) is 5.57. The Hall–Kier alpha value is -0.120. The summed E-state index contributed by atoms with van der Waals surface area (Å²) in [6.45, 7) is 3.24. The molecule has 0 aromatic carbocycles. The minimum atomic E-state index is 0.0295. The van der Waals surface area contributed by atoms with Crippen molar-refractivity contribution < 1.29 is 0 Å². The van der Waals surface area contributed by atoms with E-state index in [1.807, 2.05) is 0 Å². The Balaban J connectivity index is 2.06. The van der Waals surface area contributed by atoms with Gasteiger partial charge in [0.15, 0.2) is 0 Å². The molecular formula is C7H17N3. The molecule has 1 aliphatic rings. The van der Waals surface area contributed by atoms with Crippen LogP contribution < -0.4 is 16.4 Å². The van der Waals surface area contributed by atoms with Crippen LogP contribution in [-0.2, 0) is 0 Å². The first-order valence-electron chi connectivity index (χ1n) is 4.08. The Labute approximate surface area is 62.4 Å². The first-order valence-corrected chi connectivity index (χ1v) is 4.08. The van der Waals surface area contributed by atoms with E-state index < -0.39 is 0 Å². The van der Waals surface area contributed by atoms with Gasteiger partial charge < -0.3 is 5.73 Å². The lowest BCUT2D eigenvalue weighted by Gasteiger charge is -2.08. The van der Waals surface area contributed by atoms with Gasteiger partial charge in [-0.3, -0.25) is 10.6 Å². The third-order valence-corrected chi connectivity index (χ3v) is 1.91. The Bertz CT molecular complexity index is 94.9. The molecule has 1 fully saturated rings. The van der Waals surface area contributed by atoms with Crippen LogP contribution in [0.25, 0.3) is 0 Å². The Morgan fingerprint density at radius 2 is 2.40 bits per heavy atom. The van der Waals surface area contributed by atoms with Crippen molar-refractivity contribution in [2.24, 2.45) is 5.73 Å². The summed E-state index contributed by atoms with van der Waals surface area (Å²) in [5, 5.41) is 6.40. The largest absolute Gasteiger partial charge is 0.304 e. The monoisotopic (exact) mass is 143 g/mol. The molecule has 0 spiro atoms. The fraction of sp³-hybridized carbons (Fsp3) is 1.00. The maximum Gasteiger partial charge on any atom is 0.109 e. The summed E-state index contributed by atoms with van der Waals surface area (Å²) in [5.74, 6) is 0. The van der Waals surface area contributed by atoms with Crippen molar-refractivity contribution in [2.75, 3.05) is 6.54 Å². The molecule has 4 N–H and O–H groups in total. The van der Waals surface area contributed by atoms with Crippen LogP contribution in [0.1, 0.15) is 26.2 Å². The van der Waals surface area contributed by atoms with Crippen molar-refractivity contribution >= 4 is 0 Å². The van der Waals surface area contributed by atoms with Gasteiger partial charge in [-0.25, -0.2) is 0 Å². The molecule has 0 aromatic rings. The molecule has 60 valence electrons. The van der Waals surface area contributed by atoms with Crippen LogP contribution in [-0.4, -0.2) is 18.9 Å². The van der Waals surface area contributed by atoms with E-state index in [9.17, 15) is 0 Å². The zero-order valence-corrected chi connectivity index (χ0v) is 6.56. The SMILES string of the molecule is CCCCC1CNC(N)N1. The summed E-state index contributed by atoms with van der Waals surface area (Å²) >= 11 is 0. The lowest BCUT2D eigenvalue weighted by molar-refractivity contribution is 0.503. The van der Waals surface area contributed by atoms with Gasteiger partial charge in [0.1, 0.15) is 6.29 Å². The van der Waals surface area contributed by atoms with Gasteiger partial charge in [0.05, 0.1) is 0 Å². The van der Waals surface area contributed by atoms with E-state index in [-0.39, 0.29) is 6.29 Å². The average Bonchev–Trinajstić information content (AvgIpc) is 2.31. The highest BCUT2D eigenvalue weighted by Crippen LogP contribution is 2.02. The molecule has 3 nitrogen and oxygen atoms in total. The minimum Gasteiger partial charge on any atom is -0.304 e. The Morgan fingerprint density at radius 1 is 1.60 bits per heavy atom. The average molecular weight is 143 g/mol. The third-order valence-electron chi connectivity index (χ3n) is 1.91. The zero-order chi connectivity index (χ0) is 7.40. The first-order chi connectivity index (χ1) is 4.83. The van der Waals surface area contributed by atoms with E-state index in [1.165, 1.54) is 19.3 Å². The van der Waals surface area contributed by atoms with Crippen LogP contribution in [0.4, 0.5) is 0 Å².